The van der Waals surface area contributed by atoms with E-state index in [0.717, 1.165) is 18.7 Å². The highest BCUT2D eigenvalue weighted by Crippen LogP contribution is 2.42. The Morgan fingerprint density at radius 1 is 1.28 bits per heavy atom. The molecule has 0 aliphatic carbocycles. The van der Waals surface area contributed by atoms with E-state index in [1.165, 1.54) is 0 Å². The Bertz CT molecular complexity index is 571. The van der Waals surface area contributed by atoms with Gasteiger partial charge < -0.3 is 4.74 Å². The molecular weight excluding hydrogens is 423 g/mol. The fourth-order valence-corrected chi connectivity index (χ4v) is 5.22. The predicted molar refractivity (Wildman–Crippen MR) is 85.4 cm³/mol. The molecule has 1 aromatic carbocycles. The van der Waals surface area contributed by atoms with Crippen LogP contribution in [0.3, 0.4) is 0 Å². The summed E-state index contributed by atoms with van der Waals surface area (Å²) in [4.78, 5) is 0. The predicted octanol–water partition coefficient (Wildman–Crippen LogP) is 6.26. The molecular formula is C12H8Br2Cl2OS. The zero-order valence-electron chi connectivity index (χ0n) is 9.22. The first-order chi connectivity index (χ1) is 8.52. The molecule has 0 saturated carbocycles. The van der Waals surface area contributed by atoms with Crippen LogP contribution in [0.5, 0.6) is 5.75 Å². The van der Waals surface area contributed by atoms with Crippen LogP contribution in [0.4, 0.5) is 0 Å². The van der Waals surface area contributed by atoms with Gasteiger partial charge in [-0.1, -0.05) is 17.7 Å². The molecule has 0 bridgehead atoms. The number of alkyl halides is 1. The molecule has 1 unspecified atom stereocenters. The molecule has 0 aliphatic rings. The highest BCUT2D eigenvalue weighted by molar-refractivity contribution is 9.12. The zero-order chi connectivity index (χ0) is 13.3. The molecule has 0 saturated heterocycles. The van der Waals surface area contributed by atoms with Crippen LogP contribution in [-0.4, -0.2) is 7.11 Å². The number of hydrogen-bond donors (Lipinski definition) is 0. The molecule has 1 aromatic heterocycles. The SMILES string of the molecule is COc1ccc(C(Cl)c2cc(Br)sc2Br)cc1Cl. The van der Waals surface area contributed by atoms with Crippen LogP contribution in [0.15, 0.2) is 31.8 Å². The minimum Gasteiger partial charge on any atom is -0.495 e. The van der Waals surface area contributed by atoms with Gasteiger partial charge in [-0.05, 0) is 55.6 Å². The van der Waals surface area contributed by atoms with Crippen LogP contribution in [0, 0.1) is 0 Å². The molecule has 0 fully saturated rings. The van der Waals surface area contributed by atoms with Crippen molar-refractivity contribution in [2.75, 3.05) is 7.11 Å². The van der Waals surface area contributed by atoms with E-state index in [9.17, 15) is 0 Å². The lowest BCUT2D eigenvalue weighted by Crippen LogP contribution is -1.93. The highest BCUT2D eigenvalue weighted by Gasteiger charge is 2.17. The van der Waals surface area contributed by atoms with Crippen molar-refractivity contribution in [2.45, 2.75) is 5.38 Å². The number of methoxy groups -OCH3 is 1. The summed E-state index contributed by atoms with van der Waals surface area (Å²) in [5.41, 5.74) is 1.96. The van der Waals surface area contributed by atoms with Crippen molar-refractivity contribution in [1.82, 2.24) is 0 Å². The molecule has 1 atom stereocenters. The highest BCUT2D eigenvalue weighted by atomic mass is 79.9. The van der Waals surface area contributed by atoms with E-state index in [4.69, 9.17) is 27.9 Å². The number of rotatable bonds is 3. The van der Waals surface area contributed by atoms with Gasteiger partial charge in [0, 0.05) is 5.56 Å². The van der Waals surface area contributed by atoms with Gasteiger partial charge in [-0.15, -0.1) is 22.9 Å². The molecule has 18 heavy (non-hydrogen) atoms. The largest absolute Gasteiger partial charge is 0.495 e. The molecule has 0 amide bonds. The summed E-state index contributed by atoms with van der Waals surface area (Å²) in [6, 6.07) is 7.57. The smallest absolute Gasteiger partial charge is 0.137 e. The molecule has 2 rings (SSSR count). The van der Waals surface area contributed by atoms with Crippen LogP contribution < -0.4 is 4.74 Å². The normalized spacial score (nSPS) is 12.5. The van der Waals surface area contributed by atoms with E-state index in [1.54, 1.807) is 18.4 Å². The average Bonchev–Trinajstić information content (AvgIpc) is 2.67. The molecule has 0 N–H and O–H groups in total. The summed E-state index contributed by atoms with van der Waals surface area (Å²) < 4.78 is 7.18. The summed E-state index contributed by atoms with van der Waals surface area (Å²) in [6.45, 7) is 0. The van der Waals surface area contributed by atoms with Gasteiger partial charge in [0.2, 0.25) is 0 Å². The van der Waals surface area contributed by atoms with E-state index in [2.05, 4.69) is 31.9 Å². The van der Waals surface area contributed by atoms with E-state index in [0.29, 0.717) is 10.8 Å². The quantitative estimate of drug-likeness (QED) is 0.522. The Hall–Kier alpha value is 0.260. The first kappa shape index (κ1) is 14.7. The minimum absolute atomic E-state index is 0.245. The van der Waals surface area contributed by atoms with Crippen molar-refractivity contribution in [3.05, 3.63) is 48.0 Å². The van der Waals surface area contributed by atoms with Crippen molar-refractivity contribution >= 4 is 66.4 Å². The summed E-state index contributed by atoms with van der Waals surface area (Å²) >= 11 is 21.1. The third-order valence-electron chi connectivity index (χ3n) is 2.42. The van der Waals surface area contributed by atoms with Gasteiger partial charge in [0.15, 0.2) is 0 Å². The number of benzene rings is 1. The number of ether oxygens (including phenoxy) is 1. The lowest BCUT2D eigenvalue weighted by Gasteiger charge is -2.11. The second-order valence-corrected chi connectivity index (χ2v) is 8.13. The van der Waals surface area contributed by atoms with E-state index in [1.807, 2.05) is 24.3 Å². The Labute approximate surface area is 136 Å². The second kappa shape index (κ2) is 6.14. The third kappa shape index (κ3) is 3.05. The van der Waals surface area contributed by atoms with Crippen molar-refractivity contribution in [3.63, 3.8) is 0 Å². The van der Waals surface area contributed by atoms with Gasteiger partial charge in [-0.25, -0.2) is 0 Å². The van der Waals surface area contributed by atoms with Crippen molar-refractivity contribution < 1.29 is 4.74 Å². The molecule has 1 heterocycles. The van der Waals surface area contributed by atoms with E-state index < -0.39 is 0 Å². The van der Waals surface area contributed by atoms with Gasteiger partial charge in [-0.3, -0.25) is 0 Å². The first-order valence-corrected chi connectivity index (χ1v) is 8.17. The first-order valence-electron chi connectivity index (χ1n) is 4.95. The molecule has 96 valence electrons. The summed E-state index contributed by atoms with van der Waals surface area (Å²) in [7, 11) is 1.59. The Morgan fingerprint density at radius 3 is 2.50 bits per heavy atom. The lowest BCUT2D eigenvalue weighted by atomic mass is 10.1. The maximum Gasteiger partial charge on any atom is 0.137 e. The number of halogens is 4. The molecule has 6 heteroatoms. The van der Waals surface area contributed by atoms with Crippen molar-refractivity contribution in [1.29, 1.82) is 0 Å². The van der Waals surface area contributed by atoms with E-state index in [-0.39, 0.29) is 5.38 Å². The second-order valence-electron chi connectivity index (χ2n) is 3.54. The fraction of sp³-hybridized carbons (Fsp3) is 0.167. The summed E-state index contributed by atoms with van der Waals surface area (Å²) in [6.07, 6.45) is 0. The van der Waals surface area contributed by atoms with Gasteiger partial charge in [0.1, 0.15) is 5.75 Å². The zero-order valence-corrected chi connectivity index (χ0v) is 14.7. The molecule has 0 radical (unpaired) electrons. The van der Waals surface area contributed by atoms with Crippen LogP contribution in [0.1, 0.15) is 16.5 Å². The van der Waals surface area contributed by atoms with Gasteiger partial charge >= 0.3 is 0 Å². The molecule has 1 nitrogen and oxygen atoms in total. The standard InChI is InChI=1S/C12H8Br2Cl2OS/c1-17-9-3-2-6(4-8(9)15)11(16)7-5-10(13)18-12(7)14/h2-5,11H,1H3. The minimum atomic E-state index is -0.245. The van der Waals surface area contributed by atoms with Crippen LogP contribution >= 0.6 is 66.4 Å². The Balaban J connectivity index is 2.37. The van der Waals surface area contributed by atoms with Gasteiger partial charge in [-0.2, -0.15) is 0 Å². The molecule has 0 spiro atoms. The topological polar surface area (TPSA) is 9.23 Å². The lowest BCUT2D eigenvalue weighted by molar-refractivity contribution is 0.415. The molecule has 0 aliphatic heterocycles. The average molecular weight is 431 g/mol. The number of thiophene rings is 1. The van der Waals surface area contributed by atoms with Crippen molar-refractivity contribution in [2.24, 2.45) is 0 Å². The maximum atomic E-state index is 6.47. The monoisotopic (exact) mass is 428 g/mol. The van der Waals surface area contributed by atoms with E-state index >= 15 is 0 Å². The Morgan fingerprint density at radius 2 is 2.00 bits per heavy atom. The maximum absolute atomic E-state index is 6.47. The third-order valence-corrected chi connectivity index (χ3v) is 5.59. The van der Waals surface area contributed by atoms with Crippen LogP contribution in [0.2, 0.25) is 5.02 Å². The summed E-state index contributed by atoms with van der Waals surface area (Å²) in [5.74, 6) is 0.648. The fourth-order valence-electron chi connectivity index (χ4n) is 1.55. The number of hydrogen-bond acceptors (Lipinski definition) is 2. The van der Waals surface area contributed by atoms with Gasteiger partial charge in [0.25, 0.3) is 0 Å². The van der Waals surface area contributed by atoms with Crippen molar-refractivity contribution in [3.8, 4) is 5.75 Å². The van der Waals surface area contributed by atoms with Crippen LogP contribution in [-0.2, 0) is 0 Å². The molecule has 2 aromatic rings. The summed E-state index contributed by atoms with van der Waals surface area (Å²) in [5, 5.41) is 0.316. The van der Waals surface area contributed by atoms with Crippen LogP contribution in [0.25, 0.3) is 0 Å². The Kier molecular flexibility index (Phi) is 5.00. The van der Waals surface area contributed by atoms with Gasteiger partial charge in [0.05, 0.1) is 25.1 Å².